The molecule has 1 rings (SSSR count). The Labute approximate surface area is 82.6 Å². The normalized spacial score (nSPS) is 9.50. The first kappa shape index (κ1) is 10.3. The summed E-state index contributed by atoms with van der Waals surface area (Å²) in [5, 5.41) is 9.43. The van der Waals surface area contributed by atoms with Crippen LogP contribution in [0, 0.1) is 0 Å². The molecule has 0 radical (unpaired) electrons. The molecule has 3 heteroatoms. The van der Waals surface area contributed by atoms with Crippen LogP contribution in [0.1, 0.15) is 17.3 Å². The van der Waals surface area contributed by atoms with Crippen LogP contribution in [-0.4, -0.2) is 17.5 Å². The van der Waals surface area contributed by atoms with Gasteiger partial charge in [-0.2, -0.15) is 0 Å². The smallest absolute Gasteiger partial charge is 0.163 e. The summed E-state index contributed by atoms with van der Waals surface area (Å²) in [7, 11) is 0. The maximum absolute atomic E-state index is 11.0. The molecule has 0 aliphatic heterocycles. The van der Waals surface area contributed by atoms with Crippen LogP contribution < -0.4 is 4.74 Å². The lowest BCUT2D eigenvalue weighted by Crippen LogP contribution is -1.96. The third kappa shape index (κ3) is 2.36. The summed E-state index contributed by atoms with van der Waals surface area (Å²) in [6.45, 7) is 5.28. The summed E-state index contributed by atoms with van der Waals surface area (Å²) in [6.07, 6.45) is 1.61. The second-order valence-electron chi connectivity index (χ2n) is 2.83. The zero-order valence-corrected chi connectivity index (χ0v) is 7.99. The van der Waals surface area contributed by atoms with Gasteiger partial charge in [-0.15, -0.1) is 0 Å². The summed E-state index contributed by atoms with van der Waals surface area (Å²) >= 11 is 0. The highest BCUT2D eigenvalue weighted by atomic mass is 16.5. The van der Waals surface area contributed by atoms with Crippen molar-refractivity contribution in [2.45, 2.75) is 6.92 Å². The van der Waals surface area contributed by atoms with Crippen molar-refractivity contribution in [3.63, 3.8) is 0 Å². The molecule has 1 N–H and O–H groups in total. The zero-order valence-electron chi connectivity index (χ0n) is 7.99. The van der Waals surface area contributed by atoms with E-state index in [0.717, 1.165) is 0 Å². The minimum atomic E-state index is -0.169. The second-order valence-corrected chi connectivity index (χ2v) is 2.83. The van der Waals surface area contributed by atoms with Crippen molar-refractivity contribution in [1.29, 1.82) is 0 Å². The van der Waals surface area contributed by atoms with E-state index in [-0.39, 0.29) is 11.5 Å². The molecule has 1 aromatic carbocycles. The number of ether oxygens (including phenoxy) is 1. The molecule has 0 aliphatic carbocycles. The highest BCUT2D eigenvalue weighted by molar-refractivity contribution is 5.96. The maximum Gasteiger partial charge on any atom is 0.163 e. The highest BCUT2D eigenvalue weighted by Crippen LogP contribution is 2.23. The number of hydrogen-bond donors (Lipinski definition) is 1. The van der Waals surface area contributed by atoms with E-state index in [4.69, 9.17) is 4.74 Å². The number of carbonyl (C=O) groups is 1. The maximum atomic E-state index is 11.0. The molecule has 74 valence electrons. The molecule has 0 amide bonds. The van der Waals surface area contributed by atoms with Gasteiger partial charge >= 0.3 is 0 Å². The van der Waals surface area contributed by atoms with E-state index in [1.165, 1.54) is 19.1 Å². The molecular weight excluding hydrogens is 180 g/mol. The van der Waals surface area contributed by atoms with Gasteiger partial charge in [-0.05, 0) is 19.1 Å². The number of carbonyl (C=O) groups excluding carboxylic acids is 1. The fourth-order valence-corrected chi connectivity index (χ4v) is 1.05. The fourth-order valence-electron chi connectivity index (χ4n) is 1.05. The van der Waals surface area contributed by atoms with Crippen LogP contribution in [0.25, 0.3) is 0 Å². The molecule has 0 fully saturated rings. The second kappa shape index (κ2) is 4.46. The van der Waals surface area contributed by atoms with Gasteiger partial charge in [0.25, 0.3) is 0 Å². The molecule has 3 nitrogen and oxygen atoms in total. The predicted octanol–water partition coefficient (Wildman–Crippen LogP) is 2.16. The number of phenolic OH excluding ortho intramolecular Hbond substituents is 1. The summed E-state index contributed by atoms with van der Waals surface area (Å²) in [4.78, 5) is 11.0. The Morgan fingerprint density at radius 3 is 2.86 bits per heavy atom. The van der Waals surface area contributed by atoms with E-state index in [0.29, 0.717) is 17.9 Å². The van der Waals surface area contributed by atoms with Gasteiger partial charge in [0.1, 0.15) is 18.1 Å². The van der Waals surface area contributed by atoms with Gasteiger partial charge in [-0.3, -0.25) is 4.79 Å². The molecule has 0 saturated heterocycles. The van der Waals surface area contributed by atoms with Crippen LogP contribution in [0.15, 0.2) is 30.9 Å². The van der Waals surface area contributed by atoms with Gasteiger partial charge in [0.15, 0.2) is 5.78 Å². The van der Waals surface area contributed by atoms with E-state index in [1.54, 1.807) is 12.1 Å². The van der Waals surface area contributed by atoms with Gasteiger partial charge in [0.05, 0.1) is 5.56 Å². The number of rotatable bonds is 4. The van der Waals surface area contributed by atoms with Crippen molar-refractivity contribution < 1.29 is 14.6 Å². The van der Waals surface area contributed by atoms with E-state index in [1.807, 2.05) is 0 Å². The van der Waals surface area contributed by atoms with Gasteiger partial charge < -0.3 is 9.84 Å². The topological polar surface area (TPSA) is 46.5 Å². The van der Waals surface area contributed by atoms with Gasteiger partial charge in [0.2, 0.25) is 0 Å². The van der Waals surface area contributed by atoms with Crippen molar-refractivity contribution in [1.82, 2.24) is 0 Å². The Bertz CT molecular complexity index is 356. The predicted molar refractivity (Wildman–Crippen MR) is 53.8 cm³/mol. The minimum absolute atomic E-state index is 0.0564. The molecule has 14 heavy (non-hydrogen) atoms. The first-order valence-electron chi connectivity index (χ1n) is 4.23. The summed E-state index contributed by atoms with van der Waals surface area (Å²) < 4.78 is 5.18. The Morgan fingerprint density at radius 1 is 1.64 bits per heavy atom. The zero-order chi connectivity index (χ0) is 10.6. The molecule has 0 aliphatic rings. The first-order valence-corrected chi connectivity index (χ1v) is 4.23. The quantitative estimate of drug-likeness (QED) is 0.587. The Hall–Kier alpha value is -1.77. The average Bonchev–Trinajstić information content (AvgIpc) is 2.14. The van der Waals surface area contributed by atoms with Crippen LogP contribution >= 0.6 is 0 Å². The van der Waals surface area contributed by atoms with Crippen LogP contribution in [-0.2, 0) is 0 Å². The number of hydrogen-bond acceptors (Lipinski definition) is 3. The largest absolute Gasteiger partial charge is 0.507 e. The van der Waals surface area contributed by atoms with E-state index < -0.39 is 0 Å². The molecule has 0 unspecified atom stereocenters. The van der Waals surface area contributed by atoms with Crippen molar-refractivity contribution in [3.8, 4) is 11.5 Å². The highest BCUT2D eigenvalue weighted by Gasteiger charge is 2.06. The van der Waals surface area contributed by atoms with Crippen LogP contribution in [0.5, 0.6) is 11.5 Å². The van der Waals surface area contributed by atoms with Crippen molar-refractivity contribution >= 4 is 5.78 Å². The van der Waals surface area contributed by atoms with Crippen molar-refractivity contribution in [3.05, 3.63) is 36.4 Å². The SMILES string of the molecule is C=CCOc1ccc(C(C)=O)c(O)c1. The molecule has 0 atom stereocenters. The molecule has 0 bridgehead atoms. The van der Waals surface area contributed by atoms with Gasteiger partial charge in [0, 0.05) is 6.07 Å². The summed E-state index contributed by atoms with van der Waals surface area (Å²) in [6, 6.07) is 4.59. The van der Waals surface area contributed by atoms with Crippen LogP contribution in [0.3, 0.4) is 0 Å². The molecule has 1 aromatic rings. The monoisotopic (exact) mass is 192 g/mol. The van der Waals surface area contributed by atoms with Crippen LogP contribution in [0.4, 0.5) is 0 Å². The lowest BCUT2D eigenvalue weighted by molar-refractivity contribution is 0.101. The molecule has 0 spiro atoms. The Morgan fingerprint density at radius 2 is 2.36 bits per heavy atom. The van der Waals surface area contributed by atoms with E-state index in [9.17, 15) is 9.90 Å². The Kier molecular flexibility index (Phi) is 3.29. The molecule has 0 heterocycles. The molecular formula is C11H12O3. The molecule has 0 aromatic heterocycles. The summed E-state index contributed by atoms with van der Waals surface area (Å²) in [5.41, 5.74) is 0.302. The lowest BCUT2D eigenvalue weighted by Gasteiger charge is -2.05. The van der Waals surface area contributed by atoms with Crippen molar-refractivity contribution in [2.24, 2.45) is 0 Å². The minimum Gasteiger partial charge on any atom is -0.507 e. The van der Waals surface area contributed by atoms with Gasteiger partial charge in [-0.25, -0.2) is 0 Å². The number of aromatic hydroxyl groups is 1. The van der Waals surface area contributed by atoms with E-state index >= 15 is 0 Å². The van der Waals surface area contributed by atoms with Crippen molar-refractivity contribution in [2.75, 3.05) is 6.61 Å². The molecule has 0 saturated carbocycles. The Balaban J connectivity index is 2.88. The number of ketones is 1. The van der Waals surface area contributed by atoms with E-state index in [2.05, 4.69) is 6.58 Å². The fraction of sp³-hybridized carbons (Fsp3) is 0.182. The number of phenols is 1. The van der Waals surface area contributed by atoms with Crippen LogP contribution in [0.2, 0.25) is 0 Å². The van der Waals surface area contributed by atoms with Gasteiger partial charge in [-0.1, -0.05) is 12.7 Å². The summed E-state index contributed by atoms with van der Waals surface area (Å²) in [5.74, 6) is 0.296. The average molecular weight is 192 g/mol. The third-order valence-corrected chi connectivity index (χ3v) is 1.72. The first-order chi connectivity index (χ1) is 6.65. The standard InChI is InChI=1S/C11H12O3/c1-3-6-14-9-4-5-10(8(2)12)11(13)7-9/h3-5,7,13H,1,6H2,2H3. The number of benzene rings is 1. The third-order valence-electron chi connectivity index (χ3n) is 1.72. The number of Topliss-reactive ketones (excluding diaryl/α,β-unsaturated/α-hetero) is 1. The lowest BCUT2D eigenvalue weighted by atomic mass is 10.1.